The highest BCUT2D eigenvalue weighted by atomic mass is 79.9. The van der Waals surface area contributed by atoms with Crippen molar-refractivity contribution in [3.63, 3.8) is 0 Å². The Balaban J connectivity index is 2.66. The van der Waals surface area contributed by atoms with Gasteiger partial charge in [0.25, 0.3) is 0 Å². The van der Waals surface area contributed by atoms with E-state index in [1.165, 1.54) is 0 Å². The Hall–Kier alpha value is -0.580. The second-order valence-electron chi connectivity index (χ2n) is 3.58. The summed E-state index contributed by atoms with van der Waals surface area (Å²) in [5, 5.41) is 9.55. The molecule has 0 bridgehead atoms. The molecule has 0 heterocycles. The van der Waals surface area contributed by atoms with E-state index in [-0.39, 0.29) is 12.9 Å². The van der Waals surface area contributed by atoms with Crippen molar-refractivity contribution in [3.05, 3.63) is 28.2 Å². The Kier molecular flexibility index (Phi) is 5.80. The molecule has 1 rings (SSSR count). The van der Waals surface area contributed by atoms with E-state index in [1.54, 1.807) is 7.11 Å². The third kappa shape index (κ3) is 4.12. The number of benzene rings is 1. The van der Waals surface area contributed by atoms with Gasteiger partial charge in [0, 0.05) is 7.11 Å². The molecule has 4 heteroatoms. The van der Waals surface area contributed by atoms with Crippen LogP contribution in [0.5, 0.6) is 5.75 Å². The fourth-order valence-corrected chi connectivity index (χ4v) is 1.87. The van der Waals surface area contributed by atoms with Crippen LogP contribution in [0.25, 0.3) is 0 Å². The van der Waals surface area contributed by atoms with Gasteiger partial charge in [-0.05, 0) is 46.5 Å². The highest BCUT2D eigenvalue weighted by molar-refractivity contribution is 9.10. The average Bonchev–Trinajstić information content (AvgIpc) is 2.28. The highest BCUT2D eigenvalue weighted by Gasteiger charge is 2.06. The van der Waals surface area contributed by atoms with Crippen molar-refractivity contribution in [1.82, 2.24) is 0 Å². The Bertz CT molecular complexity index is 328. The van der Waals surface area contributed by atoms with Gasteiger partial charge in [-0.2, -0.15) is 0 Å². The molecule has 0 fully saturated rings. The predicted octanol–water partition coefficient (Wildman–Crippen LogP) is 2.75. The van der Waals surface area contributed by atoms with Crippen LogP contribution >= 0.6 is 15.9 Å². The summed E-state index contributed by atoms with van der Waals surface area (Å²) in [6.07, 6.45) is 1.15. The van der Waals surface area contributed by atoms with E-state index < -0.39 is 0 Å². The number of hydrogen-bond donors (Lipinski definition) is 1. The molecule has 0 aliphatic rings. The van der Waals surface area contributed by atoms with Crippen LogP contribution in [0.2, 0.25) is 0 Å². The molecule has 0 amide bonds. The second-order valence-corrected chi connectivity index (χ2v) is 4.44. The van der Waals surface area contributed by atoms with Crippen LogP contribution in [0.1, 0.15) is 18.9 Å². The third-order valence-corrected chi connectivity index (χ3v) is 2.89. The Morgan fingerprint density at radius 1 is 1.44 bits per heavy atom. The number of rotatable bonds is 6. The third-order valence-electron chi connectivity index (χ3n) is 2.27. The highest BCUT2D eigenvalue weighted by Crippen LogP contribution is 2.26. The smallest absolute Gasteiger partial charge is 0.188 e. The summed E-state index contributed by atoms with van der Waals surface area (Å²) in [5.41, 5.74) is 1.09. The fourth-order valence-electron chi connectivity index (χ4n) is 1.33. The number of ether oxygens (including phenoxy) is 2. The molecule has 0 radical (unpaired) electrons. The van der Waals surface area contributed by atoms with E-state index >= 15 is 0 Å². The van der Waals surface area contributed by atoms with Gasteiger partial charge in [-0.15, -0.1) is 0 Å². The molecule has 1 atom stereocenters. The first kappa shape index (κ1) is 13.5. The second kappa shape index (κ2) is 6.89. The standard InChI is InChI=1S/C12H17BrO3/c1-3-10(14)6-9-4-5-12(11(13)7-9)16-8-15-2/h4-5,7,10,14H,3,6,8H2,1-2H3. The van der Waals surface area contributed by atoms with Gasteiger partial charge in [-0.1, -0.05) is 13.0 Å². The number of halogens is 1. The monoisotopic (exact) mass is 288 g/mol. The van der Waals surface area contributed by atoms with Crippen molar-refractivity contribution in [3.8, 4) is 5.75 Å². The normalized spacial score (nSPS) is 12.5. The number of methoxy groups -OCH3 is 1. The molecular formula is C12H17BrO3. The first-order valence-electron chi connectivity index (χ1n) is 5.25. The van der Waals surface area contributed by atoms with Crippen molar-refractivity contribution in [1.29, 1.82) is 0 Å². The summed E-state index contributed by atoms with van der Waals surface area (Å²) >= 11 is 3.43. The lowest BCUT2D eigenvalue weighted by atomic mass is 10.1. The van der Waals surface area contributed by atoms with Gasteiger partial charge in [0.05, 0.1) is 10.6 Å². The molecule has 0 aliphatic heterocycles. The van der Waals surface area contributed by atoms with Crippen LogP contribution in [-0.2, 0) is 11.2 Å². The van der Waals surface area contributed by atoms with Gasteiger partial charge < -0.3 is 14.6 Å². The quantitative estimate of drug-likeness (QED) is 0.818. The molecule has 0 saturated carbocycles. The maximum absolute atomic E-state index is 9.55. The Morgan fingerprint density at radius 2 is 2.19 bits per heavy atom. The largest absolute Gasteiger partial charge is 0.466 e. The van der Waals surface area contributed by atoms with E-state index in [9.17, 15) is 5.11 Å². The SMILES string of the molecule is CCC(O)Cc1ccc(OCOC)c(Br)c1. The molecule has 0 aliphatic carbocycles. The molecule has 16 heavy (non-hydrogen) atoms. The van der Waals surface area contributed by atoms with Gasteiger partial charge in [-0.25, -0.2) is 0 Å². The van der Waals surface area contributed by atoms with Crippen molar-refractivity contribution >= 4 is 15.9 Å². The zero-order valence-electron chi connectivity index (χ0n) is 9.57. The number of aliphatic hydroxyl groups is 1. The molecule has 1 aromatic carbocycles. The van der Waals surface area contributed by atoms with Crippen LogP contribution in [0.15, 0.2) is 22.7 Å². The van der Waals surface area contributed by atoms with Crippen LogP contribution < -0.4 is 4.74 Å². The molecular weight excluding hydrogens is 272 g/mol. The van der Waals surface area contributed by atoms with Crippen molar-refractivity contribution in [2.75, 3.05) is 13.9 Å². The van der Waals surface area contributed by atoms with Crippen LogP contribution in [0.4, 0.5) is 0 Å². The van der Waals surface area contributed by atoms with Gasteiger partial charge in [0.1, 0.15) is 5.75 Å². The average molecular weight is 289 g/mol. The number of aliphatic hydroxyl groups excluding tert-OH is 1. The van der Waals surface area contributed by atoms with E-state index in [0.717, 1.165) is 22.2 Å². The molecule has 0 aromatic heterocycles. The molecule has 0 spiro atoms. The van der Waals surface area contributed by atoms with E-state index in [1.807, 2.05) is 25.1 Å². The van der Waals surface area contributed by atoms with Crippen LogP contribution in [-0.4, -0.2) is 25.1 Å². The lowest BCUT2D eigenvalue weighted by Crippen LogP contribution is -2.08. The minimum atomic E-state index is -0.280. The van der Waals surface area contributed by atoms with Gasteiger partial charge >= 0.3 is 0 Å². The number of hydrogen-bond acceptors (Lipinski definition) is 3. The molecule has 1 N–H and O–H groups in total. The van der Waals surface area contributed by atoms with E-state index in [2.05, 4.69) is 15.9 Å². The maximum Gasteiger partial charge on any atom is 0.188 e. The van der Waals surface area contributed by atoms with Crippen LogP contribution in [0.3, 0.4) is 0 Å². The van der Waals surface area contributed by atoms with Gasteiger partial charge in [-0.3, -0.25) is 0 Å². The summed E-state index contributed by atoms with van der Waals surface area (Å²) in [7, 11) is 1.58. The van der Waals surface area contributed by atoms with Gasteiger partial charge in [0.15, 0.2) is 6.79 Å². The van der Waals surface area contributed by atoms with Gasteiger partial charge in [0.2, 0.25) is 0 Å². The summed E-state index contributed by atoms with van der Waals surface area (Å²) in [6, 6.07) is 5.79. The Morgan fingerprint density at radius 3 is 2.75 bits per heavy atom. The van der Waals surface area contributed by atoms with Crippen molar-refractivity contribution in [2.24, 2.45) is 0 Å². The maximum atomic E-state index is 9.55. The summed E-state index contributed by atoms with van der Waals surface area (Å²) in [6.45, 7) is 2.20. The molecule has 3 nitrogen and oxygen atoms in total. The van der Waals surface area contributed by atoms with Crippen molar-refractivity contribution < 1.29 is 14.6 Å². The minimum absolute atomic E-state index is 0.232. The van der Waals surface area contributed by atoms with E-state index in [0.29, 0.717) is 6.42 Å². The Labute approximate surface area is 105 Å². The van der Waals surface area contributed by atoms with Crippen LogP contribution in [0, 0.1) is 0 Å². The molecule has 1 unspecified atom stereocenters. The first-order valence-corrected chi connectivity index (χ1v) is 6.05. The molecule has 1 aromatic rings. The lowest BCUT2D eigenvalue weighted by Gasteiger charge is -2.11. The minimum Gasteiger partial charge on any atom is -0.466 e. The summed E-state index contributed by atoms with van der Waals surface area (Å²) in [4.78, 5) is 0. The first-order chi connectivity index (χ1) is 7.67. The fraction of sp³-hybridized carbons (Fsp3) is 0.500. The predicted molar refractivity (Wildman–Crippen MR) is 66.6 cm³/mol. The zero-order chi connectivity index (χ0) is 12.0. The topological polar surface area (TPSA) is 38.7 Å². The van der Waals surface area contributed by atoms with Crippen molar-refractivity contribution in [2.45, 2.75) is 25.9 Å². The molecule has 0 saturated heterocycles. The van der Waals surface area contributed by atoms with E-state index in [4.69, 9.17) is 9.47 Å². The summed E-state index contributed by atoms with van der Waals surface area (Å²) < 4.78 is 11.1. The zero-order valence-corrected chi connectivity index (χ0v) is 11.2. The molecule has 90 valence electrons. The summed E-state index contributed by atoms with van der Waals surface area (Å²) in [5.74, 6) is 0.747. The lowest BCUT2D eigenvalue weighted by molar-refractivity contribution is 0.0505.